The van der Waals surface area contributed by atoms with Crippen LogP contribution in [0.15, 0.2) is 91.0 Å². The lowest BCUT2D eigenvalue weighted by atomic mass is 9.99. The van der Waals surface area contributed by atoms with E-state index in [1.165, 1.54) is 5.56 Å². The molecule has 26 heavy (non-hydrogen) atoms. The normalized spacial score (nSPS) is 9.88. The first-order chi connectivity index (χ1) is 12.6. The van der Waals surface area contributed by atoms with Gasteiger partial charge in [-0.2, -0.15) is 0 Å². The van der Waals surface area contributed by atoms with Crippen LogP contribution in [0, 0.1) is 11.8 Å². The van der Waals surface area contributed by atoms with Crippen molar-refractivity contribution < 1.29 is 4.79 Å². The van der Waals surface area contributed by atoms with Gasteiger partial charge in [0.15, 0.2) is 5.78 Å². The first kappa shape index (κ1) is 17.5. The fourth-order valence-corrected chi connectivity index (χ4v) is 2.72. The van der Waals surface area contributed by atoms with Crippen LogP contribution in [-0.4, -0.2) is 5.78 Å². The summed E-state index contributed by atoms with van der Waals surface area (Å²) in [5, 5.41) is 0. The van der Waals surface area contributed by atoms with Gasteiger partial charge in [-0.05, 0) is 36.2 Å². The molecule has 0 fully saturated rings. The summed E-state index contributed by atoms with van der Waals surface area (Å²) in [6, 6.07) is 25.9. The van der Waals surface area contributed by atoms with Crippen molar-refractivity contribution in [2.45, 2.75) is 13.3 Å². The molecule has 0 N–H and O–H groups in total. The van der Waals surface area contributed by atoms with Crippen molar-refractivity contribution in [1.82, 2.24) is 0 Å². The molecule has 3 rings (SSSR count). The van der Waals surface area contributed by atoms with Crippen LogP contribution >= 0.6 is 0 Å². The van der Waals surface area contributed by atoms with Gasteiger partial charge in [-0.3, -0.25) is 4.79 Å². The number of allylic oxidation sites excluding steroid dienone is 1. The van der Waals surface area contributed by atoms with Gasteiger partial charge in [0.05, 0.1) is 0 Å². The van der Waals surface area contributed by atoms with E-state index in [-0.39, 0.29) is 5.78 Å². The third-order valence-electron chi connectivity index (χ3n) is 4.02. The number of hydrogen-bond acceptors (Lipinski definition) is 1. The summed E-state index contributed by atoms with van der Waals surface area (Å²) in [5.41, 5.74) is 5.53. The van der Waals surface area contributed by atoms with Gasteiger partial charge in [0.2, 0.25) is 0 Å². The Morgan fingerprint density at radius 2 is 1.42 bits per heavy atom. The van der Waals surface area contributed by atoms with Crippen LogP contribution in [0.25, 0.3) is 11.1 Å². The minimum Gasteiger partial charge on any atom is -0.294 e. The van der Waals surface area contributed by atoms with Crippen LogP contribution in [-0.2, 0) is 0 Å². The Kier molecular flexibility index (Phi) is 5.46. The largest absolute Gasteiger partial charge is 0.294 e. The van der Waals surface area contributed by atoms with Crippen molar-refractivity contribution >= 4 is 5.78 Å². The second-order valence-electron chi connectivity index (χ2n) is 6.30. The molecule has 1 heteroatoms. The van der Waals surface area contributed by atoms with Crippen LogP contribution < -0.4 is 0 Å². The third-order valence-corrected chi connectivity index (χ3v) is 4.02. The molecule has 0 atom stereocenters. The van der Waals surface area contributed by atoms with Crippen LogP contribution in [0.2, 0.25) is 0 Å². The molecule has 0 spiro atoms. The minimum absolute atomic E-state index is 0.0572. The quantitative estimate of drug-likeness (QED) is 0.329. The Morgan fingerprint density at radius 1 is 0.808 bits per heavy atom. The highest BCUT2D eigenvalue weighted by molar-refractivity contribution is 5.99. The third kappa shape index (κ3) is 4.37. The lowest BCUT2D eigenvalue weighted by Crippen LogP contribution is -2.02. The second-order valence-corrected chi connectivity index (χ2v) is 6.30. The highest BCUT2D eigenvalue weighted by Gasteiger charge is 2.09. The Morgan fingerprint density at radius 3 is 2.12 bits per heavy atom. The minimum atomic E-state index is 0.0572. The summed E-state index contributed by atoms with van der Waals surface area (Å²) < 4.78 is 0. The molecule has 0 unspecified atom stereocenters. The first-order valence-electron chi connectivity index (χ1n) is 8.57. The molecule has 1 nitrogen and oxygen atoms in total. The molecule has 0 saturated carbocycles. The van der Waals surface area contributed by atoms with Gasteiger partial charge in [0.1, 0.15) is 0 Å². The van der Waals surface area contributed by atoms with Crippen molar-refractivity contribution in [1.29, 1.82) is 0 Å². The van der Waals surface area contributed by atoms with Gasteiger partial charge in [-0.25, -0.2) is 0 Å². The number of carbonyl (C=O) groups is 1. The summed E-state index contributed by atoms with van der Waals surface area (Å²) >= 11 is 0. The van der Waals surface area contributed by atoms with Gasteiger partial charge < -0.3 is 0 Å². The van der Waals surface area contributed by atoms with E-state index in [9.17, 15) is 4.79 Å². The van der Waals surface area contributed by atoms with Crippen molar-refractivity contribution in [2.75, 3.05) is 0 Å². The SMILES string of the molecule is C=C(C)CC(=O)c1ccccc1C#Cc1ccc(-c2ccccc2)cc1. The molecule has 0 heterocycles. The molecule has 0 aromatic heterocycles. The van der Waals surface area contributed by atoms with Gasteiger partial charge in [-0.1, -0.05) is 84.7 Å². The number of carbonyl (C=O) groups excluding carboxylic acids is 1. The summed E-state index contributed by atoms with van der Waals surface area (Å²) in [5.74, 6) is 6.36. The molecule has 0 bridgehead atoms. The van der Waals surface area contributed by atoms with Crippen molar-refractivity contribution in [3.63, 3.8) is 0 Å². The van der Waals surface area contributed by atoms with Gasteiger partial charge >= 0.3 is 0 Å². The summed E-state index contributed by atoms with van der Waals surface area (Å²) in [7, 11) is 0. The van der Waals surface area contributed by atoms with Crippen molar-refractivity contribution in [3.8, 4) is 23.0 Å². The fraction of sp³-hybridized carbons (Fsp3) is 0.0800. The molecule has 3 aromatic rings. The molecule has 0 radical (unpaired) electrons. The van der Waals surface area contributed by atoms with E-state index in [0.717, 1.165) is 22.3 Å². The van der Waals surface area contributed by atoms with Crippen molar-refractivity contribution in [2.24, 2.45) is 0 Å². The van der Waals surface area contributed by atoms with Gasteiger partial charge in [0.25, 0.3) is 0 Å². The maximum atomic E-state index is 12.4. The zero-order valence-electron chi connectivity index (χ0n) is 14.8. The summed E-state index contributed by atoms with van der Waals surface area (Å²) in [6.45, 7) is 5.68. The monoisotopic (exact) mass is 336 g/mol. The molecule has 0 aliphatic carbocycles. The van der Waals surface area contributed by atoms with Crippen LogP contribution in [0.5, 0.6) is 0 Å². The maximum absolute atomic E-state index is 12.4. The molecule has 0 amide bonds. The topological polar surface area (TPSA) is 17.1 Å². The average Bonchev–Trinajstić information content (AvgIpc) is 2.67. The molecule has 0 aliphatic rings. The predicted octanol–water partition coefficient (Wildman–Crippen LogP) is 5.90. The zero-order chi connectivity index (χ0) is 18.4. The van der Waals surface area contributed by atoms with Gasteiger partial charge in [0, 0.05) is 23.1 Å². The van der Waals surface area contributed by atoms with Crippen LogP contribution in [0.4, 0.5) is 0 Å². The van der Waals surface area contributed by atoms with E-state index in [0.29, 0.717) is 12.0 Å². The molecular weight excluding hydrogens is 316 g/mol. The molecule has 0 saturated heterocycles. The van der Waals surface area contributed by atoms with E-state index < -0.39 is 0 Å². The van der Waals surface area contributed by atoms with Crippen LogP contribution in [0.3, 0.4) is 0 Å². The Labute approximate surface area is 155 Å². The molecule has 0 aliphatic heterocycles. The highest BCUT2D eigenvalue weighted by atomic mass is 16.1. The lowest BCUT2D eigenvalue weighted by molar-refractivity contribution is 0.0993. The van der Waals surface area contributed by atoms with E-state index in [1.54, 1.807) is 0 Å². The predicted molar refractivity (Wildman–Crippen MR) is 108 cm³/mol. The van der Waals surface area contributed by atoms with E-state index >= 15 is 0 Å². The first-order valence-corrected chi connectivity index (χ1v) is 8.57. The number of rotatable bonds is 4. The van der Waals surface area contributed by atoms with Crippen molar-refractivity contribution in [3.05, 3.63) is 108 Å². The standard InChI is InChI=1S/C25H20O/c1-19(2)18-25(26)24-11-7-6-10-23(24)17-14-20-12-15-22(16-13-20)21-8-4-3-5-9-21/h3-13,15-16H,1,18H2,2H3. The molecule has 126 valence electrons. The second kappa shape index (κ2) is 8.14. The molecule has 3 aromatic carbocycles. The number of Topliss-reactive ketones (excluding diaryl/α,β-unsaturated/α-hetero) is 1. The maximum Gasteiger partial charge on any atom is 0.168 e. The Balaban J connectivity index is 1.84. The summed E-state index contributed by atoms with van der Waals surface area (Å²) in [4.78, 5) is 12.4. The summed E-state index contributed by atoms with van der Waals surface area (Å²) in [6.07, 6.45) is 0.352. The van der Waals surface area contributed by atoms with Crippen LogP contribution in [0.1, 0.15) is 34.8 Å². The Bertz CT molecular complexity index is 984. The lowest BCUT2D eigenvalue weighted by Gasteiger charge is -2.03. The zero-order valence-corrected chi connectivity index (χ0v) is 14.8. The highest BCUT2D eigenvalue weighted by Crippen LogP contribution is 2.19. The smallest absolute Gasteiger partial charge is 0.168 e. The number of benzene rings is 3. The van der Waals surface area contributed by atoms with E-state index in [4.69, 9.17) is 0 Å². The average molecular weight is 336 g/mol. The number of ketones is 1. The Hall–Kier alpha value is -3.37. The molecular formula is C25H20O. The van der Waals surface area contributed by atoms with E-state index in [1.807, 2.05) is 61.5 Å². The number of hydrogen-bond donors (Lipinski definition) is 0. The van der Waals surface area contributed by atoms with Gasteiger partial charge in [-0.15, -0.1) is 0 Å². The fourth-order valence-electron chi connectivity index (χ4n) is 2.72. The van der Waals surface area contributed by atoms with E-state index in [2.05, 4.69) is 42.7 Å².